The number of aliphatic hydroxyl groups is 2. The number of anilines is 1. The lowest BCUT2D eigenvalue weighted by atomic mass is 10.1. The number of pyridine rings is 1. The largest absolute Gasteiger partial charge is 0.489 e. The molecule has 0 spiro atoms. The molecule has 1 fully saturated rings. The van der Waals surface area contributed by atoms with E-state index in [0.717, 1.165) is 10.9 Å². The van der Waals surface area contributed by atoms with Crippen LogP contribution in [0, 0.1) is 0 Å². The number of aliphatic hydroxyl groups excluding tert-OH is 2. The van der Waals surface area contributed by atoms with Gasteiger partial charge in [-0.3, -0.25) is 4.98 Å². The number of hydrogen-bond acceptors (Lipinski definition) is 8. The number of fused-ring (bicyclic) bond motifs is 2. The number of ether oxygens (including phenoxy) is 2. The van der Waals surface area contributed by atoms with Crippen LogP contribution in [0.1, 0.15) is 6.23 Å². The maximum atomic E-state index is 10.5. The van der Waals surface area contributed by atoms with Gasteiger partial charge in [-0.15, -0.1) is 0 Å². The number of nitrogens with zero attached hydrogens (tertiary/aromatic N) is 4. The van der Waals surface area contributed by atoms with Gasteiger partial charge in [0.05, 0.1) is 17.1 Å². The van der Waals surface area contributed by atoms with Gasteiger partial charge in [-0.2, -0.15) is 0 Å². The number of rotatable bonds is 4. The van der Waals surface area contributed by atoms with Crippen LogP contribution in [0.25, 0.3) is 21.9 Å². The van der Waals surface area contributed by atoms with Crippen molar-refractivity contribution in [3.63, 3.8) is 0 Å². The molecule has 1 aliphatic heterocycles. The molecule has 148 valence electrons. The first-order valence-electron chi connectivity index (χ1n) is 9.18. The van der Waals surface area contributed by atoms with E-state index in [4.69, 9.17) is 15.2 Å². The van der Waals surface area contributed by atoms with Gasteiger partial charge in [0.15, 0.2) is 6.23 Å². The minimum atomic E-state index is -1.15. The predicted octanol–water partition coefficient (Wildman–Crippen LogP) is 1.26. The van der Waals surface area contributed by atoms with E-state index < -0.39 is 24.5 Å². The Morgan fingerprint density at radius 2 is 1.97 bits per heavy atom. The predicted molar refractivity (Wildman–Crippen MR) is 105 cm³/mol. The summed E-state index contributed by atoms with van der Waals surface area (Å²) in [5.74, 6) is 0.898. The topological polar surface area (TPSA) is 129 Å². The molecule has 9 nitrogen and oxygen atoms in total. The second-order valence-corrected chi connectivity index (χ2v) is 6.94. The van der Waals surface area contributed by atoms with Crippen LogP contribution in [0.5, 0.6) is 5.75 Å². The molecule has 1 aromatic carbocycles. The van der Waals surface area contributed by atoms with Crippen LogP contribution >= 0.6 is 0 Å². The number of aromatic nitrogens is 4. The Balaban J connectivity index is 1.34. The van der Waals surface area contributed by atoms with Gasteiger partial charge < -0.3 is 30.0 Å². The summed E-state index contributed by atoms with van der Waals surface area (Å²) in [4.78, 5) is 12.5. The Labute approximate surface area is 165 Å². The van der Waals surface area contributed by atoms with Crippen LogP contribution in [0.3, 0.4) is 0 Å². The Morgan fingerprint density at radius 3 is 2.86 bits per heavy atom. The SMILES string of the molecule is Nc1ncnc2c1ccn2[C@@H]1O[C@H](COc2cnc3ccccc3c2)[C@@H](O)[C@H]1O. The van der Waals surface area contributed by atoms with Gasteiger partial charge in [0, 0.05) is 11.6 Å². The number of para-hydroxylation sites is 1. The molecular formula is C20H19N5O4. The molecule has 4 atom stereocenters. The zero-order chi connectivity index (χ0) is 20.0. The lowest BCUT2D eigenvalue weighted by Crippen LogP contribution is -2.34. The standard InChI is InChI=1S/C20H19N5O4/c21-18-13-5-6-25(19(13)24-10-23-18)20-17(27)16(26)15(29-20)9-28-12-7-11-3-1-2-4-14(11)22-8-12/h1-8,10,15-17,20,26-27H,9H2,(H2,21,23,24)/t15-,16-,17-,20-/m1/s1. The summed E-state index contributed by atoms with van der Waals surface area (Å²) < 4.78 is 13.3. The average Bonchev–Trinajstić information content (AvgIpc) is 3.29. The molecule has 5 rings (SSSR count). The van der Waals surface area contributed by atoms with Gasteiger partial charge >= 0.3 is 0 Å². The Bertz CT molecular complexity index is 1180. The minimum Gasteiger partial charge on any atom is -0.489 e. The van der Waals surface area contributed by atoms with Crippen LogP contribution in [0.2, 0.25) is 0 Å². The fourth-order valence-corrected chi connectivity index (χ4v) is 3.60. The van der Waals surface area contributed by atoms with Crippen LogP contribution in [0.4, 0.5) is 5.82 Å². The van der Waals surface area contributed by atoms with E-state index >= 15 is 0 Å². The molecular weight excluding hydrogens is 374 g/mol. The zero-order valence-electron chi connectivity index (χ0n) is 15.3. The summed E-state index contributed by atoms with van der Waals surface area (Å²) in [5.41, 5.74) is 7.26. The molecule has 1 aliphatic rings. The highest BCUT2D eigenvalue weighted by Gasteiger charge is 2.44. The molecule has 0 aliphatic carbocycles. The van der Waals surface area contributed by atoms with Crippen LogP contribution in [0.15, 0.2) is 55.1 Å². The van der Waals surface area contributed by atoms with Gasteiger partial charge in [-0.25, -0.2) is 9.97 Å². The van der Waals surface area contributed by atoms with E-state index in [1.165, 1.54) is 6.33 Å². The van der Waals surface area contributed by atoms with Crippen LogP contribution in [-0.4, -0.2) is 54.7 Å². The van der Waals surface area contributed by atoms with Crippen molar-refractivity contribution in [3.05, 3.63) is 55.1 Å². The summed E-state index contributed by atoms with van der Waals surface area (Å²) >= 11 is 0. The van der Waals surface area contributed by atoms with Gasteiger partial charge in [-0.1, -0.05) is 18.2 Å². The van der Waals surface area contributed by atoms with Gasteiger partial charge in [0.2, 0.25) is 0 Å². The van der Waals surface area contributed by atoms with Crippen molar-refractivity contribution in [2.75, 3.05) is 12.3 Å². The maximum absolute atomic E-state index is 10.5. The van der Waals surface area contributed by atoms with Crippen molar-refractivity contribution < 1.29 is 19.7 Å². The number of nitrogens with two attached hydrogens (primary N) is 1. The molecule has 3 aromatic heterocycles. The van der Waals surface area contributed by atoms with E-state index in [0.29, 0.717) is 22.6 Å². The number of hydrogen-bond donors (Lipinski definition) is 3. The highest BCUT2D eigenvalue weighted by Crippen LogP contribution is 2.33. The van der Waals surface area contributed by atoms with Crippen LogP contribution < -0.4 is 10.5 Å². The van der Waals surface area contributed by atoms with E-state index in [9.17, 15) is 10.2 Å². The van der Waals surface area contributed by atoms with E-state index in [1.54, 1.807) is 23.0 Å². The first-order chi connectivity index (χ1) is 14.1. The molecule has 0 amide bonds. The average molecular weight is 393 g/mol. The summed E-state index contributed by atoms with van der Waals surface area (Å²) in [5, 5.41) is 22.6. The molecule has 4 N–H and O–H groups in total. The molecule has 0 bridgehead atoms. The summed E-state index contributed by atoms with van der Waals surface area (Å²) in [6.07, 6.45) is 0.858. The monoisotopic (exact) mass is 393 g/mol. The molecule has 0 saturated carbocycles. The van der Waals surface area contributed by atoms with Crippen molar-refractivity contribution in [2.24, 2.45) is 0 Å². The lowest BCUT2D eigenvalue weighted by molar-refractivity contribution is -0.0472. The van der Waals surface area contributed by atoms with Gasteiger partial charge in [0.25, 0.3) is 0 Å². The molecule has 9 heteroatoms. The highest BCUT2D eigenvalue weighted by atomic mass is 16.6. The Hall–Kier alpha value is -3.27. The molecule has 4 heterocycles. The number of benzene rings is 1. The smallest absolute Gasteiger partial charge is 0.164 e. The molecule has 29 heavy (non-hydrogen) atoms. The number of nitrogen functional groups attached to an aromatic ring is 1. The van der Waals surface area contributed by atoms with E-state index in [2.05, 4.69) is 15.0 Å². The fraction of sp³-hybridized carbons (Fsp3) is 0.250. The molecule has 0 radical (unpaired) electrons. The summed E-state index contributed by atoms with van der Waals surface area (Å²) in [6.45, 7) is 0.0606. The summed E-state index contributed by atoms with van der Waals surface area (Å²) in [6, 6.07) is 11.3. The highest BCUT2D eigenvalue weighted by molar-refractivity contribution is 5.86. The third kappa shape index (κ3) is 3.05. The van der Waals surface area contributed by atoms with Crippen molar-refractivity contribution in [3.8, 4) is 5.75 Å². The third-order valence-corrected chi connectivity index (χ3v) is 5.13. The maximum Gasteiger partial charge on any atom is 0.164 e. The normalized spacial score (nSPS) is 24.3. The van der Waals surface area contributed by atoms with E-state index in [-0.39, 0.29) is 6.61 Å². The second-order valence-electron chi connectivity index (χ2n) is 6.94. The Kier molecular flexibility index (Phi) is 4.27. The van der Waals surface area contributed by atoms with Crippen LogP contribution in [-0.2, 0) is 4.74 Å². The zero-order valence-corrected chi connectivity index (χ0v) is 15.3. The van der Waals surface area contributed by atoms with Crippen molar-refractivity contribution in [2.45, 2.75) is 24.5 Å². The Morgan fingerprint density at radius 1 is 1.10 bits per heavy atom. The third-order valence-electron chi connectivity index (χ3n) is 5.13. The molecule has 1 saturated heterocycles. The quantitative estimate of drug-likeness (QED) is 0.473. The molecule has 4 aromatic rings. The first kappa shape index (κ1) is 17.8. The fourth-order valence-electron chi connectivity index (χ4n) is 3.60. The van der Waals surface area contributed by atoms with Gasteiger partial charge in [0.1, 0.15) is 48.5 Å². The van der Waals surface area contributed by atoms with Crippen molar-refractivity contribution in [1.29, 1.82) is 0 Å². The second kappa shape index (κ2) is 6.96. The van der Waals surface area contributed by atoms with E-state index in [1.807, 2.05) is 30.3 Å². The summed E-state index contributed by atoms with van der Waals surface area (Å²) in [7, 11) is 0. The lowest BCUT2D eigenvalue weighted by Gasteiger charge is -2.17. The first-order valence-corrected chi connectivity index (χ1v) is 9.18. The molecule has 0 unspecified atom stereocenters. The minimum absolute atomic E-state index is 0.0606. The van der Waals surface area contributed by atoms with Gasteiger partial charge in [-0.05, 0) is 18.2 Å². The van der Waals surface area contributed by atoms with Crippen molar-refractivity contribution in [1.82, 2.24) is 19.5 Å². The van der Waals surface area contributed by atoms with Crippen molar-refractivity contribution >= 4 is 27.8 Å².